The molecule has 59 heavy (non-hydrogen) atoms. The van der Waals surface area contributed by atoms with Gasteiger partial charge < -0.3 is 67.1 Å². The quantitative estimate of drug-likeness (QED) is 0.435. The summed E-state index contributed by atoms with van der Waals surface area (Å²) in [6, 6.07) is 11.3. The number of aliphatic hydroxyl groups is 2. The van der Waals surface area contributed by atoms with Gasteiger partial charge in [0.25, 0.3) is 0 Å². The van der Waals surface area contributed by atoms with E-state index < -0.39 is 12.2 Å². The van der Waals surface area contributed by atoms with Gasteiger partial charge in [0.1, 0.15) is 38.6 Å². The highest BCUT2D eigenvalue weighted by Crippen LogP contribution is 2.55. The Labute approximate surface area is 364 Å². The molecular weight excluding hydrogens is 845 g/mol. The molecule has 6 rings (SSSR count). The van der Waals surface area contributed by atoms with Crippen molar-refractivity contribution < 1.29 is 67.1 Å². The highest BCUT2D eigenvalue weighted by molar-refractivity contribution is 8.19. The fourth-order valence-electron chi connectivity index (χ4n) is 6.46. The van der Waals surface area contributed by atoms with Crippen LogP contribution in [0.4, 0.5) is 0 Å². The molecule has 2 N–H and O–H groups in total. The van der Waals surface area contributed by atoms with Gasteiger partial charge in [0, 0.05) is 39.6 Å². The van der Waals surface area contributed by atoms with Crippen LogP contribution in [0.2, 0.25) is 0 Å². The predicted molar refractivity (Wildman–Crippen MR) is 231 cm³/mol. The topological polar surface area (TPSA) is 151 Å². The summed E-state index contributed by atoms with van der Waals surface area (Å²) in [7, 11) is 0. The van der Waals surface area contributed by atoms with Crippen molar-refractivity contribution in [1.82, 2.24) is 0 Å². The van der Waals surface area contributed by atoms with Crippen LogP contribution in [-0.2, 0) is 37.9 Å². The lowest BCUT2D eigenvalue weighted by atomic mass is 9.99. The number of thioether (sulfide) groups is 4. The van der Waals surface area contributed by atoms with E-state index in [0.717, 1.165) is 23.0 Å². The Morgan fingerprint density at radius 1 is 0.390 bits per heavy atom. The Morgan fingerprint density at radius 2 is 0.661 bits per heavy atom. The van der Waals surface area contributed by atoms with Gasteiger partial charge >= 0.3 is 0 Å². The second-order valence-corrected chi connectivity index (χ2v) is 19.1. The molecule has 332 valence electrons. The minimum Gasteiger partial charge on any atom is -0.487 e. The average molecular weight is 905 g/mol. The number of rotatable bonds is 4. The van der Waals surface area contributed by atoms with Crippen LogP contribution in [0.1, 0.15) is 23.3 Å². The standard InChI is InChI=1S/C41H60O14S4/c42-35(31-3-1-5-33-37(31)54-25-21-50-17-13-46-9-7-44-11-15-48-19-23-52-33)39-56-27-41(28-57-39)29-58-40(59-30-41)36(43)32-4-2-6-34-38(32)55-26-22-51-18-14-47-10-8-45-12-16-49-20-24-53-34/h1-6,35-36,39-40,42-43H,7-30H2. The molecule has 2 unspecified atom stereocenters. The number of hydrogen-bond acceptors (Lipinski definition) is 18. The molecule has 4 aliphatic heterocycles. The summed E-state index contributed by atoms with van der Waals surface area (Å²) < 4.78 is 69.6. The number of para-hydroxylation sites is 2. The molecule has 1 spiro atoms. The summed E-state index contributed by atoms with van der Waals surface area (Å²) in [6.07, 6.45) is -1.56. The third kappa shape index (κ3) is 15.4. The van der Waals surface area contributed by atoms with Crippen molar-refractivity contribution in [2.45, 2.75) is 21.4 Å². The SMILES string of the molecule is OC(c1cccc2c1OCCOCCOCCOCCOCCO2)C1SCC2(CS1)CSC(C(O)c1cccc3c1OCCOCCOCCOCCOCCO3)SC2. The smallest absolute Gasteiger partial charge is 0.167 e. The van der Waals surface area contributed by atoms with Crippen LogP contribution in [0.25, 0.3) is 0 Å². The van der Waals surface area contributed by atoms with E-state index in [-0.39, 0.29) is 14.6 Å². The first-order valence-corrected chi connectivity index (χ1v) is 24.5. The Kier molecular flexibility index (Phi) is 21.5. The second-order valence-electron chi connectivity index (χ2n) is 14.0. The van der Waals surface area contributed by atoms with E-state index in [1.54, 1.807) is 47.0 Å². The lowest BCUT2D eigenvalue weighted by Gasteiger charge is -2.45. The molecule has 0 aromatic heterocycles. The number of ether oxygens (including phenoxy) is 12. The predicted octanol–water partition coefficient (Wildman–Crippen LogP) is 4.73. The van der Waals surface area contributed by atoms with Gasteiger partial charge in [-0.3, -0.25) is 0 Å². The second kappa shape index (κ2) is 27.0. The van der Waals surface area contributed by atoms with E-state index in [0.29, 0.717) is 166 Å². The molecule has 4 aliphatic rings. The molecular formula is C41H60O14S4. The Balaban J connectivity index is 1.03. The minimum atomic E-state index is -0.780. The molecule has 14 nitrogen and oxygen atoms in total. The van der Waals surface area contributed by atoms with Gasteiger partial charge in [-0.25, -0.2) is 0 Å². The fraction of sp³-hybridized carbons (Fsp3) is 0.707. The monoisotopic (exact) mass is 904 g/mol. The van der Waals surface area contributed by atoms with Crippen LogP contribution in [0.15, 0.2) is 36.4 Å². The van der Waals surface area contributed by atoms with E-state index in [9.17, 15) is 10.2 Å². The van der Waals surface area contributed by atoms with E-state index in [2.05, 4.69) is 0 Å². The molecule has 0 saturated carbocycles. The van der Waals surface area contributed by atoms with Crippen molar-refractivity contribution in [3.8, 4) is 23.0 Å². The lowest BCUT2D eigenvalue weighted by molar-refractivity contribution is -0.00855. The van der Waals surface area contributed by atoms with Gasteiger partial charge in [0.2, 0.25) is 0 Å². The number of benzene rings is 2. The van der Waals surface area contributed by atoms with Crippen LogP contribution >= 0.6 is 47.0 Å². The first-order chi connectivity index (χ1) is 29.1. The molecule has 18 heteroatoms. The van der Waals surface area contributed by atoms with Crippen LogP contribution in [-0.4, -0.2) is 175 Å². The molecule has 2 atom stereocenters. The Hall–Kier alpha value is -1.36. The Bertz CT molecular complexity index is 1350. The van der Waals surface area contributed by atoms with Gasteiger partial charge in [-0.2, -0.15) is 0 Å². The first kappa shape index (κ1) is 47.1. The third-order valence-corrected chi connectivity index (χ3v) is 16.6. The van der Waals surface area contributed by atoms with E-state index in [1.165, 1.54) is 0 Å². The Morgan fingerprint density at radius 3 is 0.966 bits per heavy atom. The molecule has 0 aliphatic carbocycles. The third-order valence-electron chi connectivity index (χ3n) is 9.54. The van der Waals surface area contributed by atoms with Crippen molar-refractivity contribution in [1.29, 1.82) is 0 Å². The average Bonchev–Trinajstić information content (AvgIpc) is 3.26. The summed E-state index contributed by atoms with van der Waals surface area (Å²) in [5.74, 6) is 5.76. The zero-order valence-electron chi connectivity index (χ0n) is 33.7. The molecule has 2 fully saturated rings. The molecule has 0 amide bonds. The maximum Gasteiger partial charge on any atom is 0.167 e. The fourth-order valence-corrected chi connectivity index (χ4v) is 13.4. The van der Waals surface area contributed by atoms with Crippen LogP contribution < -0.4 is 18.9 Å². The molecule has 2 saturated heterocycles. The largest absolute Gasteiger partial charge is 0.487 e. The number of fused-ring (bicyclic) bond motifs is 2. The van der Waals surface area contributed by atoms with Crippen molar-refractivity contribution in [2.24, 2.45) is 5.41 Å². The summed E-state index contributed by atoms with van der Waals surface area (Å²) >= 11 is 7.14. The maximum absolute atomic E-state index is 11.8. The highest BCUT2D eigenvalue weighted by Gasteiger charge is 2.44. The summed E-state index contributed by atoms with van der Waals surface area (Å²) in [5.41, 5.74) is 1.45. The number of aliphatic hydroxyl groups excluding tert-OH is 2. The lowest BCUT2D eigenvalue weighted by Crippen LogP contribution is -2.42. The van der Waals surface area contributed by atoms with Gasteiger partial charge in [-0.15, -0.1) is 47.0 Å². The van der Waals surface area contributed by atoms with Gasteiger partial charge in [-0.1, -0.05) is 24.3 Å². The van der Waals surface area contributed by atoms with E-state index in [4.69, 9.17) is 56.8 Å². The number of hydrogen-bond donors (Lipinski definition) is 2. The van der Waals surface area contributed by atoms with E-state index >= 15 is 0 Å². The van der Waals surface area contributed by atoms with Crippen molar-refractivity contribution in [3.63, 3.8) is 0 Å². The first-order valence-electron chi connectivity index (χ1n) is 20.4. The molecule has 4 heterocycles. The van der Waals surface area contributed by atoms with Gasteiger partial charge in [-0.05, 0) is 12.1 Å². The summed E-state index contributed by atoms with van der Waals surface area (Å²) in [4.78, 5) is 0. The van der Waals surface area contributed by atoms with Gasteiger partial charge in [0.05, 0.1) is 115 Å². The van der Waals surface area contributed by atoms with Crippen molar-refractivity contribution >= 4 is 47.0 Å². The summed E-state index contributed by atoms with van der Waals surface area (Å²) in [6.45, 7) is 8.56. The van der Waals surface area contributed by atoms with Gasteiger partial charge in [0.15, 0.2) is 23.0 Å². The molecule has 0 bridgehead atoms. The molecule has 0 radical (unpaired) electrons. The van der Waals surface area contributed by atoms with Crippen LogP contribution in [0.3, 0.4) is 0 Å². The molecule has 2 aromatic carbocycles. The zero-order valence-corrected chi connectivity index (χ0v) is 36.9. The van der Waals surface area contributed by atoms with Crippen molar-refractivity contribution in [2.75, 3.05) is 155 Å². The normalized spacial score (nSPS) is 27.2. The highest BCUT2D eigenvalue weighted by atomic mass is 32.2. The van der Waals surface area contributed by atoms with Crippen molar-refractivity contribution in [3.05, 3.63) is 47.5 Å². The summed E-state index contributed by atoms with van der Waals surface area (Å²) in [5, 5.41) is 23.7. The maximum atomic E-state index is 11.8. The van der Waals surface area contributed by atoms with Crippen LogP contribution in [0.5, 0.6) is 23.0 Å². The molecule has 2 aromatic rings. The minimum absolute atomic E-state index is 0.0603. The van der Waals surface area contributed by atoms with Crippen LogP contribution in [0, 0.1) is 5.41 Å². The van der Waals surface area contributed by atoms with E-state index in [1.807, 2.05) is 36.4 Å². The zero-order chi connectivity index (χ0) is 40.8.